The lowest BCUT2D eigenvalue weighted by Crippen LogP contribution is -2.55. The van der Waals surface area contributed by atoms with Crippen molar-refractivity contribution in [2.45, 2.75) is 123 Å². The number of carbonyl (C=O) groups is 1. The number of aryl methyl sites for hydroxylation is 2. The summed E-state index contributed by atoms with van der Waals surface area (Å²) in [6.07, 6.45) is 14.9. The van der Waals surface area contributed by atoms with Crippen molar-refractivity contribution < 1.29 is 13.2 Å². The van der Waals surface area contributed by atoms with Crippen molar-refractivity contribution in [1.82, 2.24) is 4.72 Å². The number of rotatable bonds is 7. The molecule has 0 aliphatic heterocycles. The van der Waals surface area contributed by atoms with Crippen LogP contribution in [0.4, 0.5) is 0 Å². The fourth-order valence-corrected chi connectivity index (χ4v) is 12.5. The standard InChI is InChI=1S/C34H53NO3S/c1-7-25-21-26-29-16-15-27(34(29,6)20-18-30(26)33(5)19-9-8-13-28(25)33)22(2)14-17-31(36)35-39(37,38)32-23(3)11-10-12-24(32)4/h10-12,22,25-30H,7-9,13-21H2,1-6H3,(H,35,36)/t22-,25+,26?,27-,28?,29?,30?,33+,34-/m1/s1. The van der Waals surface area contributed by atoms with Crippen LogP contribution in [0.2, 0.25) is 0 Å². The van der Waals surface area contributed by atoms with Gasteiger partial charge in [0.1, 0.15) is 0 Å². The van der Waals surface area contributed by atoms with E-state index < -0.39 is 10.0 Å². The molecule has 4 aliphatic carbocycles. The molecule has 1 aromatic carbocycles. The highest BCUT2D eigenvalue weighted by molar-refractivity contribution is 7.90. The molecule has 0 radical (unpaired) electrons. The first-order chi connectivity index (χ1) is 18.4. The Labute approximate surface area is 238 Å². The average Bonchev–Trinajstić information content (AvgIpc) is 3.23. The second-order valence-electron chi connectivity index (χ2n) is 14.6. The topological polar surface area (TPSA) is 63.2 Å². The second kappa shape index (κ2) is 10.8. The van der Waals surface area contributed by atoms with Crippen molar-refractivity contribution in [2.75, 3.05) is 0 Å². The van der Waals surface area contributed by atoms with E-state index in [1.165, 1.54) is 64.2 Å². The Kier molecular flexibility index (Phi) is 8.07. The van der Waals surface area contributed by atoms with Crippen LogP contribution in [0.15, 0.2) is 23.1 Å². The van der Waals surface area contributed by atoms with Gasteiger partial charge in [-0.1, -0.05) is 65.2 Å². The number of amides is 1. The van der Waals surface area contributed by atoms with Gasteiger partial charge in [0.05, 0.1) is 4.90 Å². The molecule has 5 rings (SSSR count). The van der Waals surface area contributed by atoms with Crippen LogP contribution < -0.4 is 4.72 Å². The summed E-state index contributed by atoms with van der Waals surface area (Å²) in [5.74, 6) is 5.11. The van der Waals surface area contributed by atoms with Crippen LogP contribution in [0.1, 0.15) is 116 Å². The normalized spacial score (nSPS) is 38.8. The van der Waals surface area contributed by atoms with E-state index in [0.29, 0.717) is 33.8 Å². The zero-order chi connectivity index (χ0) is 28.2. The molecule has 4 unspecified atom stereocenters. The number of benzene rings is 1. The first-order valence-electron chi connectivity index (χ1n) is 16.0. The Morgan fingerprint density at radius 1 is 0.974 bits per heavy atom. The minimum absolute atomic E-state index is 0.237. The number of nitrogens with one attached hydrogen (secondary N) is 1. The van der Waals surface area contributed by atoms with Gasteiger partial charge in [0.2, 0.25) is 5.91 Å². The highest BCUT2D eigenvalue weighted by atomic mass is 32.2. The van der Waals surface area contributed by atoms with E-state index in [9.17, 15) is 13.2 Å². The Morgan fingerprint density at radius 3 is 2.36 bits per heavy atom. The van der Waals surface area contributed by atoms with Gasteiger partial charge in [0, 0.05) is 6.42 Å². The lowest BCUT2D eigenvalue weighted by molar-refractivity contribution is -0.138. The summed E-state index contributed by atoms with van der Waals surface area (Å²) in [4.78, 5) is 13.1. The van der Waals surface area contributed by atoms with E-state index in [0.717, 1.165) is 36.0 Å². The molecule has 0 spiro atoms. The third kappa shape index (κ3) is 5.01. The molecule has 4 nitrogen and oxygen atoms in total. The molecule has 0 heterocycles. The van der Waals surface area contributed by atoms with Crippen molar-refractivity contribution in [2.24, 2.45) is 52.3 Å². The van der Waals surface area contributed by atoms with Gasteiger partial charge in [-0.25, -0.2) is 13.1 Å². The quantitative estimate of drug-likeness (QED) is 0.369. The maximum absolute atomic E-state index is 13.0. The summed E-state index contributed by atoms with van der Waals surface area (Å²) in [5, 5.41) is 0. The highest BCUT2D eigenvalue weighted by Gasteiger charge is 2.61. The molecule has 4 saturated carbocycles. The Morgan fingerprint density at radius 2 is 1.67 bits per heavy atom. The third-order valence-electron chi connectivity index (χ3n) is 12.8. The molecule has 218 valence electrons. The summed E-state index contributed by atoms with van der Waals surface area (Å²) in [6, 6.07) is 5.41. The summed E-state index contributed by atoms with van der Waals surface area (Å²) in [6.45, 7) is 13.6. The van der Waals surface area contributed by atoms with Gasteiger partial charge in [0.15, 0.2) is 0 Å². The molecule has 5 heteroatoms. The largest absolute Gasteiger partial charge is 0.274 e. The zero-order valence-electron chi connectivity index (χ0n) is 25.4. The fourth-order valence-electron chi connectivity index (χ4n) is 11.0. The minimum atomic E-state index is -3.86. The maximum Gasteiger partial charge on any atom is 0.264 e. The van der Waals surface area contributed by atoms with E-state index >= 15 is 0 Å². The molecule has 1 aromatic rings. The molecule has 39 heavy (non-hydrogen) atoms. The van der Waals surface area contributed by atoms with E-state index in [4.69, 9.17) is 0 Å². The number of fused-ring (bicyclic) bond motifs is 5. The first-order valence-corrected chi connectivity index (χ1v) is 17.5. The van der Waals surface area contributed by atoms with Gasteiger partial charge < -0.3 is 0 Å². The molecule has 0 aromatic heterocycles. The van der Waals surface area contributed by atoms with E-state index in [1.54, 1.807) is 26.0 Å². The second-order valence-corrected chi connectivity index (χ2v) is 16.3. The van der Waals surface area contributed by atoms with Crippen molar-refractivity contribution in [3.05, 3.63) is 29.3 Å². The van der Waals surface area contributed by atoms with E-state index in [2.05, 4.69) is 32.4 Å². The predicted octanol–water partition coefficient (Wildman–Crippen LogP) is 8.21. The fraction of sp³-hybridized carbons (Fsp3) is 0.794. The van der Waals surface area contributed by atoms with Crippen molar-refractivity contribution >= 4 is 15.9 Å². The molecule has 1 N–H and O–H groups in total. The van der Waals surface area contributed by atoms with Gasteiger partial charge in [-0.05, 0) is 129 Å². The molecule has 0 saturated heterocycles. The lowest BCUT2D eigenvalue weighted by Gasteiger charge is -2.63. The van der Waals surface area contributed by atoms with Gasteiger partial charge in [0.25, 0.3) is 10.0 Å². The molecule has 4 aliphatic rings. The Balaban J connectivity index is 1.24. The van der Waals surface area contributed by atoms with Crippen LogP contribution in [-0.4, -0.2) is 14.3 Å². The molecule has 1 amide bonds. The third-order valence-corrected chi connectivity index (χ3v) is 14.5. The van der Waals surface area contributed by atoms with Crippen LogP contribution in [0, 0.1) is 66.1 Å². The summed E-state index contributed by atoms with van der Waals surface area (Å²) in [5.41, 5.74) is 2.25. The van der Waals surface area contributed by atoms with Gasteiger partial charge in [-0.15, -0.1) is 0 Å². The highest BCUT2D eigenvalue weighted by Crippen LogP contribution is 2.69. The van der Waals surface area contributed by atoms with Gasteiger partial charge >= 0.3 is 0 Å². The molecular formula is C34H53NO3S. The summed E-state index contributed by atoms with van der Waals surface area (Å²) in [7, 11) is -3.86. The average molecular weight is 556 g/mol. The number of sulfonamides is 1. The van der Waals surface area contributed by atoms with Crippen LogP contribution in [0.5, 0.6) is 0 Å². The number of hydrogen-bond acceptors (Lipinski definition) is 3. The predicted molar refractivity (Wildman–Crippen MR) is 159 cm³/mol. The van der Waals surface area contributed by atoms with Crippen molar-refractivity contribution in [3.63, 3.8) is 0 Å². The zero-order valence-corrected chi connectivity index (χ0v) is 26.2. The molecule has 9 atom stereocenters. The van der Waals surface area contributed by atoms with Gasteiger partial charge in [-0.2, -0.15) is 0 Å². The number of hydrogen-bond donors (Lipinski definition) is 1. The smallest absolute Gasteiger partial charge is 0.264 e. The van der Waals surface area contributed by atoms with Gasteiger partial charge in [-0.3, -0.25) is 4.79 Å². The summed E-state index contributed by atoms with van der Waals surface area (Å²) < 4.78 is 28.4. The monoisotopic (exact) mass is 555 g/mol. The van der Waals surface area contributed by atoms with E-state index in [-0.39, 0.29) is 17.2 Å². The summed E-state index contributed by atoms with van der Waals surface area (Å²) >= 11 is 0. The van der Waals surface area contributed by atoms with Crippen LogP contribution in [0.25, 0.3) is 0 Å². The first kappa shape index (κ1) is 29.1. The van der Waals surface area contributed by atoms with E-state index in [1.807, 2.05) is 6.07 Å². The lowest BCUT2D eigenvalue weighted by atomic mass is 9.42. The van der Waals surface area contributed by atoms with Crippen LogP contribution in [-0.2, 0) is 14.8 Å². The number of carbonyl (C=O) groups excluding carboxylic acids is 1. The Hall–Kier alpha value is -1.36. The SMILES string of the molecule is CC[C@H]1CC2C(CC[C@@]3(C)C2CC[C@@H]3[C@H](C)CCC(=O)NS(=O)(=O)c2c(C)cccc2C)[C@@]2(C)CCCCC12. The van der Waals surface area contributed by atoms with Crippen LogP contribution in [0.3, 0.4) is 0 Å². The molecule has 0 bridgehead atoms. The van der Waals surface area contributed by atoms with Crippen molar-refractivity contribution in [1.29, 1.82) is 0 Å². The van der Waals surface area contributed by atoms with Crippen molar-refractivity contribution in [3.8, 4) is 0 Å². The maximum atomic E-state index is 13.0. The van der Waals surface area contributed by atoms with Crippen LogP contribution >= 0.6 is 0 Å². The molecule has 4 fully saturated rings. The Bertz CT molecular complexity index is 1160. The molecular weight excluding hydrogens is 502 g/mol. The minimum Gasteiger partial charge on any atom is -0.274 e.